The molecule has 0 radical (unpaired) electrons. The van der Waals surface area contributed by atoms with Crippen molar-refractivity contribution in [1.29, 1.82) is 0 Å². The van der Waals surface area contributed by atoms with Crippen molar-refractivity contribution in [3.8, 4) is 5.75 Å². The van der Waals surface area contributed by atoms with Crippen LogP contribution in [0.15, 0.2) is 18.2 Å². The summed E-state index contributed by atoms with van der Waals surface area (Å²) in [4.78, 5) is 0. The maximum atomic E-state index is 5.92. The van der Waals surface area contributed by atoms with Crippen molar-refractivity contribution in [1.82, 2.24) is 5.32 Å². The van der Waals surface area contributed by atoms with Gasteiger partial charge in [-0.1, -0.05) is 38.7 Å². The van der Waals surface area contributed by atoms with Gasteiger partial charge in [0, 0.05) is 6.04 Å². The maximum absolute atomic E-state index is 5.92. The molecule has 1 aromatic carbocycles. The van der Waals surface area contributed by atoms with Crippen molar-refractivity contribution in [2.45, 2.75) is 64.3 Å². The van der Waals surface area contributed by atoms with E-state index in [4.69, 9.17) is 4.74 Å². The van der Waals surface area contributed by atoms with Gasteiger partial charge in [-0.15, -0.1) is 0 Å². The molecule has 112 valence electrons. The molecule has 0 aliphatic heterocycles. The Kier molecular flexibility index (Phi) is 6.38. The average molecular weight is 275 g/mol. The summed E-state index contributed by atoms with van der Waals surface area (Å²) in [5.74, 6) is 1.04. The average Bonchev–Trinajstić information content (AvgIpc) is 2.50. The van der Waals surface area contributed by atoms with Crippen molar-refractivity contribution in [2.24, 2.45) is 0 Å². The quantitative estimate of drug-likeness (QED) is 0.698. The molecule has 2 heteroatoms. The fraction of sp³-hybridized carbons (Fsp3) is 0.667. The molecule has 0 amide bonds. The molecule has 0 saturated heterocycles. The molecule has 0 fully saturated rings. The molecule has 0 bridgehead atoms. The number of unbranched alkanes of at least 4 members (excludes halogenated alkanes) is 4. The van der Waals surface area contributed by atoms with Crippen LogP contribution in [0.3, 0.4) is 0 Å². The molecule has 1 aromatic rings. The van der Waals surface area contributed by atoms with Gasteiger partial charge in [0.25, 0.3) is 0 Å². The second-order valence-corrected chi connectivity index (χ2v) is 5.86. The molecule has 1 aliphatic rings. The Hall–Kier alpha value is -1.02. The van der Waals surface area contributed by atoms with Crippen molar-refractivity contribution >= 4 is 0 Å². The normalized spacial score (nSPS) is 17.8. The van der Waals surface area contributed by atoms with Gasteiger partial charge in [-0.2, -0.15) is 0 Å². The Morgan fingerprint density at radius 1 is 1.20 bits per heavy atom. The van der Waals surface area contributed by atoms with Gasteiger partial charge in [0.2, 0.25) is 0 Å². The van der Waals surface area contributed by atoms with Gasteiger partial charge in [-0.25, -0.2) is 0 Å². The monoisotopic (exact) mass is 275 g/mol. The maximum Gasteiger partial charge on any atom is 0.119 e. The van der Waals surface area contributed by atoms with E-state index in [9.17, 15) is 0 Å². The standard InChI is InChI=1S/C18H29NO/c1-3-4-5-6-7-13-20-16-12-11-15-9-8-10-18(19-2)17(15)14-16/h11-12,14,18-19H,3-10,13H2,1-2H3. The van der Waals surface area contributed by atoms with Crippen LogP contribution in [-0.2, 0) is 6.42 Å². The molecule has 20 heavy (non-hydrogen) atoms. The predicted molar refractivity (Wildman–Crippen MR) is 85.4 cm³/mol. The zero-order valence-electron chi connectivity index (χ0n) is 13.1. The van der Waals surface area contributed by atoms with Gasteiger partial charge >= 0.3 is 0 Å². The van der Waals surface area contributed by atoms with E-state index in [1.165, 1.54) is 62.5 Å². The number of rotatable bonds is 8. The zero-order chi connectivity index (χ0) is 14.2. The molecule has 1 N–H and O–H groups in total. The van der Waals surface area contributed by atoms with Crippen LogP contribution in [0.25, 0.3) is 0 Å². The van der Waals surface area contributed by atoms with E-state index < -0.39 is 0 Å². The summed E-state index contributed by atoms with van der Waals surface area (Å²) in [6.45, 7) is 3.11. The van der Waals surface area contributed by atoms with Gasteiger partial charge in [0.15, 0.2) is 0 Å². The van der Waals surface area contributed by atoms with Gasteiger partial charge in [0.1, 0.15) is 5.75 Å². The lowest BCUT2D eigenvalue weighted by molar-refractivity contribution is 0.303. The van der Waals surface area contributed by atoms with Gasteiger partial charge in [-0.3, -0.25) is 0 Å². The van der Waals surface area contributed by atoms with Gasteiger partial charge in [-0.05, 0) is 56.0 Å². The van der Waals surface area contributed by atoms with E-state index >= 15 is 0 Å². The summed E-state index contributed by atoms with van der Waals surface area (Å²) < 4.78 is 5.92. The molecule has 1 unspecified atom stereocenters. The summed E-state index contributed by atoms with van der Waals surface area (Å²) in [5, 5.41) is 3.42. The van der Waals surface area contributed by atoms with E-state index in [2.05, 4.69) is 37.5 Å². The number of hydrogen-bond donors (Lipinski definition) is 1. The molecule has 1 aliphatic carbocycles. The van der Waals surface area contributed by atoms with Crippen LogP contribution < -0.4 is 10.1 Å². The first-order chi connectivity index (χ1) is 9.85. The first-order valence-corrected chi connectivity index (χ1v) is 8.28. The number of hydrogen-bond acceptors (Lipinski definition) is 2. The lowest BCUT2D eigenvalue weighted by Gasteiger charge is -2.25. The minimum absolute atomic E-state index is 0.506. The molecule has 0 heterocycles. The van der Waals surface area contributed by atoms with Crippen LogP contribution in [0.4, 0.5) is 0 Å². The Labute approximate surface area is 123 Å². The topological polar surface area (TPSA) is 21.3 Å². The largest absolute Gasteiger partial charge is 0.494 e. The van der Waals surface area contributed by atoms with Gasteiger partial charge < -0.3 is 10.1 Å². The minimum Gasteiger partial charge on any atom is -0.494 e. The summed E-state index contributed by atoms with van der Waals surface area (Å²) in [6.07, 6.45) is 10.2. The predicted octanol–water partition coefficient (Wildman–Crippen LogP) is 4.63. The molecular weight excluding hydrogens is 246 g/mol. The summed E-state index contributed by atoms with van der Waals surface area (Å²) in [5.41, 5.74) is 2.94. The lowest BCUT2D eigenvalue weighted by Crippen LogP contribution is -2.21. The second-order valence-electron chi connectivity index (χ2n) is 5.86. The number of benzene rings is 1. The number of fused-ring (bicyclic) bond motifs is 1. The number of aryl methyl sites for hydroxylation is 1. The first-order valence-electron chi connectivity index (χ1n) is 8.28. The van der Waals surface area contributed by atoms with E-state index in [0.29, 0.717) is 6.04 Å². The highest BCUT2D eigenvalue weighted by molar-refractivity contribution is 5.39. The minimum atomic E-state index is 0.506. The Balaban J connectivity index is 1.84. The van der Waals surface area contributed by atoms with E-state index in [1.54, 1.807) is 0 Å². The first kappa shape index (κ1) is 15.4. The van der Waals surface area contributed by atoms with Crippen molar-refractivity contribution in [3.63, 3.8) is 0 Å². The zero-order valence-corrected chi connectivity index (χ0v) is 13.1. The highest BCUT2D eigenvalue weighted by Gasteiger charge is 2.18. The molecule has 0 saturated carbocycles. The van der Waals surface area contributed by atoms with Crippen LogP contribution in [0.5, 0.6) is 5.75 Å². The van der Waals surface area contributed by atoms with Crippen molar-refractivity contribution < 1.29 is 4.74 Å². The van der Waals surface area contributed by atoms with E-state index in [0.717, 1.165) is 12.4 Å². The second kappa shape index (κ2) is 8.31. The lowest BCUT2D eigenvalue weighted by atomic mass is 9.87. The Bertz CT molecular complexity index is 402. The highest BCUT2D eigenvalue weighted by atomic mass is 16.5. The third kappa shape index (κ3) is 4.24. The molecule has 0 spiro atoms. The van der Waals surface area contributed by atoms with Crippen molar-refractivity contribution in [2.75, 3.05) is 13.7 Å². The van der Waals surface area contributed by atoms with Crippen LogP contribution >= 0.6 is 0 Å². The van der Waals surface area contributed by atoms with E-state index in [1.807, 2.05) is 0 Å². The molecular formula is C18H29NO. The SMILES string of the molecule is CCCCCCCOc1ccc2c(c1)C(NC)CCC2. The fourth-order valence-corrected chi connectivity index (χ4v) is 3.06. The summed E-state index contributed by atoms with van der Waals surface area (Å²) in [6, 6.07) is 7.16. The van der Waals surface area contributed by atoms with Crippen LogP contribution in [0, 0.1) is 0 Å². The highest BCUT2D eigenvalue weighted by Crippen LogP contribution is 2.32. The molecule has 1 atom stereocenters. The Morgan fingerprint density at radius 2 is 2.05 bits per heavy atom. The molecule has 2 nitrogen and oxygen atoms in total. The van der Waals surface area contributed by atoms with Crippen LogP contribution in [-0.4, -0.2) is 13.7 Å². The van der Waals surface area contributed by atoms with Crippen molar-refractivity contribution in [3.05, 3.63) is 29.3 Å². The smallest absolute Gasteiger partial charge is 0.119 e. The van der Waals surface area contributed by atoms with Crippen LogP contribution in [0.2, 0.25) is 0 Å². The third-order valence-corrected chi connectivity index (χ3v) is 4.30. The summed E-state index contributed by atoms with van der Waals surface area (Å²) in [7, 11) is 2.06. The molecule has 2 rings (SSSR count). The fourth-order valence-electron chi connectivity index (χ4n) is 3.06. The Morgan fingerprint density at radius 3 is 2.85 bits per heavy atom. The third-order valence-electron chi connectivity index (χ3n) is 4.30. The number of ether oxygens (including phenoxy) is 1. The number of nitrogens with one attached hydrogen (secondary N) is 1. The van der Waals surface area contributed by atoms with E-state index in [-0.39, 0.29) is 0 Å². The van der Waals surface area contributed by atoms with Crippen LogP contribution in [0.1, 0.15) is 69.0 Å². The summed E-state index contributed by atoms with van der Waals surface area (Å²) >= 11 is 0. The molecule has 0 aromatic heterocycles. The van der Waals surface area contributed by atoms with Gasteiger partial charge in [0.05, 0.1) is 6.61 Å².